The molecule has 0 amide bonds. The van der Waals surface area contributed by atoms with Gasteiger partial charge in [0, 0.05) is 13.1 Å². The lowest BCUT2D eigenvalue weighted by molar-refractivity contribution is 0.00578. The summed E-state index contributed by atoms with van der Waals surface area (Å²) in [6, 6.07) is 14.8. The normalized spacial score (nSPS) is 23.4. The summed E-state index contributed by atoms with van der Waals surface area (Å²) in [5.74, 6) is 0.968. The lowest BCUT2D eigenvalue weighted by atomic mass is 9.78. The van der Waals surface area contributed by atoms with Gasteiger partial charge in [-0.25, -0.2) is 4.31 Å². The van der Waals surface area contributed by atoms with Crippen molar-refractivity contribution in [2.24, 2.45) is 0 Å². The Morgan fingerprint density at radius 1 is 1.07 bits per heavy atom. The van der Waals surface area contributed by atoms with Crippen LogP contribution in [0.25, 0.3) is 0 Å². The van der Waals surface area contributed by atoms with Gasteiger partial charge in [0.2, 0.25) is 0 Å². The van der Waals surface area contributed by atoms with Crippen molar-refractivity contribution < 1.29 is 14.0 Å². The zero-order chi connectivity index (χ0) is 20.8. The molecule has 2 aromatic rings. The standard InChI is InChI=1S/C23H30BNO3S/c1-16-11-12-19(24-27-22(3,4)23(5,6)28-24)13-18(16)15-25-14-17(2)26-20-9-7-8-10-21(20)29-25/h7-13,17H,14-15H2,1-6H3. The van der Waals surface area contributed by atoms with E-state index in [2.05, 4.69) is 76.2 Å². The molecule has 1 unspecified atom stereocenters. The Hall–Kier alpha value is -1.47. The van der Waals surface area contributed by atoms with Crippen molar-refractivity contribution in [2.45, 2.75) is 70.3 Å². The second kappa shape index (κ2) is 7.66. The molecule has 0 bridgehead atoms. The summed E-state index contributed by atoms with van der Waals surface area (Å²) in [6.45, 7) is 14.4. The van der Waals surface area contributed by atoms with Gasteiger partial charge in [0.15, 0.2) is 0 Å². The molecule has 2 aromatic carbocycles. The molecule has 6 heteroatoms. The fourth-order valence-electron chi connectivity index (χ4n) is 3.61. The zero-order valence-corrected chi connectivity index (χ0v) is 19.0. The molecule has 0 aliphatic carbocycles. The summed E-state index contributed by atoms with van der Waals surface area (Å²) in [4.78, 5) is 1.16. The number of hydrogen-bond donors (Lipinski definition) is 0. The third-order valence-electron chi connectivity index (χ3n) is 6.11. The van der Waals surface area contributed by atoms with Crippen molar-refractivity contribution in [3.8, 4) is 5.75 Å². The topological polar surface area (TPSA) is 30.9 Å². The van der Waals surface area contributed by atoms with E-state index in [1.165, 1.54) is 11.1 Å². The van der Waals surface area contributed by atoms with Crippen LogP contribution in [0.5, 0.6) is 5.75 Å². The number of rotatable bonds is 3. The first-order chi connectivity index (χ1) is 13.6. The van der Waals surface area contributed by atoms with Crippen LogP contribution in [0.4, 0.5) is 0 Å². The molecule has 29 heavy (non-hydrogen) atoms. The lowest BCUT2D eigenvalue weighted by Gasteiger charge is -2.32. The number of hydrogen-bond acceptors (Lipinski definition) is 5. The average Bonchev–Trinajstić information content (AvgIpc) is 2.76. The number of aryl methyl sites for hydroxylation is 1. The SMILES string of the molecule is Cc1ccc(B2OC(C)(C)C(C)(C)O2)cc1CN1CC(C)Oc2ccccc2S1. The zero-order valence-electron chi connectivity index (χ0n) is 18.2. The van der Waals surface area contributed by atoms with E-state index in [9.17, 15) is 0 Å². The van der Waals surface area contributed by atoms with Gasteiger partial charge in [-0.1, -0.05) is 30.3 Å². The third-order valence-corrected chi connectivity index (χ3v) is 7.18. The summed E-state index contributed by atoms with van der Waals surface area (Å²) in [7, 11) is -0.334. The number of ether oxygens (including phenoxy) is 1. The molecule has 1 saturated heterocycles. The maximum atomic E-state index is 6.26. The number of para-hydroxylation sites is 1. The van der Waals surface area contributed by atoms with E-state index in [1.807, 2.05) is 12.1 Å². The van der Waals surface area contributed by atoms with E-state index in [0.717, 1.165) is 29.2 Å². The second-order valence-corrected chi connectivity index (χ2v) is 10.2. The van der Waals surface area contributed by atoms with Gasteiger partial charge in [-0.05, 0) is 82.2 Å². The van der Waals surface area contributed by atoms with E-state index in [-0.39, 0.29) is 24.4 Å². The minimum atomic E-state index is -0.334. The Morgan fingerprint density at radius 2 is 1.76 bits per heavy atom. The quantitative estimate of drug-likeness (QED) is 0.545. The lowest BCUT2D eigenvalue weighted by Crippen LogP contribution is -2.41. The van der Waals surface area contributed by atoms with Gasteiger partial charge >= 0.3 is 7.12 Å². The Balaban J connectivity index is 1.56. The minimum absolute atomic E-state index is 0.137. The van der Waals surface area contributed by atoms with Gasteiger partial charge in [0.1, 0.15) is 11.9 Å². The largest absolute Gasteiger partial charge is 0.494 e. The van der Waals surface area contributed by atoms with Crippen molar-refractivity contribution in [1.29, 1.82) is 0 Å². The molecule has 2 heterocycles. The molecule has 0 aromatic heterocycles. The minimum Gasteiger partial charge on any atom is -0.488 e. The average molecular weight is 411 g/mol. The van der Waals surface area contributed by atoms with E-state index in [1.54, 1.807) is 11.9 Å². The Bertz CT molecular complexity index is 885. The van der Waals surface area contributed by atoms with Crippen LogP contribution < -0.4 is 10.2 Å². The Labute approximate surface area is 179 Å². The van der Waals surface area contributed by atoms with Crippen molar-refractivity contribution in [3.63, 3.8) is 0 Å². The van der Waals surface area contributed by atoms with E-state index in [0.29, 0.717) is 0 Å². The smallest absolute Gasteiger partial charge is 0.488 e. The fourth-order valence-corrected chi connectivity index (χ4v) is 4.73. The van der Waals surface area contributed by atoms with Crippen LogP contribution in [-0.2, 0) is 15.9 Å². The van der Waals surface area contributed by atoms with Gasteiger partial charge in [-0.2, -0.15) is 0 Å². The molecule has 154 valence electrons. The first-order valence-electron chi connectivity index (χ1n) is 10.3. The second-order valence-electron chi connectivity index (χ2n) is 9.06. The Kier molecular flexibility index (Phi) is 5.49. The highest BCUT2D eigenvalue weighted by Crippen LogP contribution is 2.38. The van der Waals surface area contributed by atoms with Crippen molar-refractivity contribution >= 4 is 24.5 Å². The van der Waals surface area contributed by atoms with Gasteiger partial charge < -0.3 is 14.0 Å². The van der Waals surface area contributed by atoms with Crippen LogP contribution >= 0.6 is 11.9 Å². The van der Waals surface area contributed by atoms with E-state index >= 15 is 0 Å². The Morgan fingerprint density at radius 3 is 2.48 bits per heavy atom. The maximum Gasteiger partial charge on any atom is 0.494 e. The molecule has 1 fully saturated rings. The van der Waals surface area contributed by atoms with Crippen LogP contribution in [-0.4, -0.2) is 35.3 Å². The highest BCUT2D eigenvalue weighted by Gasteiger charge is 2.51. The highest BCUT2D eigenvalue weighted by molar-refractivity contribution is 7.97. The molecule has 4 rings (SSSR count). The monoisotopic (exact) mass is 411 g/mol. The molecule has 0 saturated carbocycles. The third kappa shape index (κ3) is 4.22. The van der Waals surface area contributed by atoms with Gasteiger partial charge in [0.25, 0.3) is 0 Å². The van der Waals surface area contributed by atoms with Gasteiger partial charge in [-0.3, -0.25) is 0 Å². The predicted octanol–water partition coefficient (Wildman–Crippen LogP) is 4.58. The fraction of sp³-hybridized carbons (Fsp3) is 0.478. The van der Waals surface area contributed by atoms with Gasteiger partial charge in [0.05, 0.1) is 16.1 Å². The van der Waals surface area contributed by atoms with Crippen LogP contribution in [0.15, 0.2) is 47.4 Å². The number of fused-ring (bicyclic) bond motifs is 1. The summed E-state index contributed by atoms with van der Waals surface area (Å²) in [6.07, 6.45) is 0.137. The molecule has 0 N–H and O–H groups in total. The number of benzene rings is 2. The number of nitrogens with zero attached hydrogens (tertiary/aromatic N) is 1. The highest BCUT2D eigenvalue weighted by atomic mass is 32.2. The van der Waals surface area contributed by atoms with Crippen molar-refractivity contribution in [3.05, 3.63) is 53.6 Å². The first-order valence-corrected chi connectivity index (χ1v) is 11.1. The summed E-state index contributed by atoms with van der Waals surface area (Å²) < 4.78 is 21.0. The summed E-state index contributed by atoms with van der Waals surface area (Å²) in [5, 5.41) is 0. The molecule has 0 radical (unpaired) electrons. The van der Waals surface area contributed by atoms with E-state index < -0.39 is 0 Å². The van der Waals surface area contributed by atoms with Crippen LogP contribution in [0.2, 0.25) is 0 Å². The molecule has 0 spiro atoms. The van der Waals surface area contributed by atoms with Crippen LogP contribution in [0, 0.1) is 6.92 Å². The van der Waals surface area contributed by atoms with Crippen molar-refractivity contribution in [2.75, 3.05) is 6.54 Å². The predicted molar refractivity (Wildman–Crippen MR) is 120 cm³/mol. The molecular formula is C23H30BNO3S. The first kappa shape index (κ1) is 20.8. The van der Waals surface area contributed by atoms with Crippen LogP contribution in [0.1, 0.15) is 45.7 Å². The van der Waals surface area contributed by atoms with Crippen molar-refractivity contribution in [1.82, 2.24) is 4.31 Å². The summed E-state index contributed by atoms with van der Waals surface area (Å²) >= 11 is 1.77. The molecule has 1 atom stereocenters. The molecule has 4 nitrogen and oxygen atoms in total. The van der Waals surface area contributed by atoms with E-state index in [4.69, 9.17) is 14.0 Å². The molecule has 2 aliphatic rings. The molecule has 2 aliphatic heterocycles. The van der Waals surface area contributed by atoms with Gasteiger partial charge in [-0.15, -0.1) is 0 Å². The maximum absolute atomic E-state index is 6.26. The summed E-state index contributed by atoms with van der Waals surface area (Å²) in [5.41, 5.74) is 2.97. The van der Waals surface area contributed by atoms with Crippen LogP contribution in [0.3, 0.4) is 0 Å². The molecular weight excluding hydrogens is 381 g/mol.